The van der Waals surface area contributed by atoms with Crippen LogP contribution in [0.2, 0.25) is 0 Å². The molecule has 8 heteroatoms. The highest BCUT2D eigenvalue weighted by Crippen LogP contribution is 2.49. The summed E-state index contributed by atoms with van der Waals surface area (Å²) < 4.78 is 19.8. The zero-order valence-electron chi connectivity index (χ0n) is 21.3. The second kappa shape index (κ2) is 9.60. The first-order chi connectivity index (χ1) is 16.8. The minimum absolute atomic E-state index is 0.0490. The molecule has 0 aromatic heterocycles. The van der Waals surface area contributed by atoms with Gasteiger partial charge in [0, 0.05) is 50.4 Å². The first-order valence-corrected chi connectivity index (χ1v) is 13.3. The van der Waals surface area contributed by atoms with E-state index in [1.807, 2.05) is 16.7 Å². The molecule has 2 saturated heterocycles. The maximum absolute atomic E-state index is 14.3. The summed E-state index contributed by atoms with van der Waals surface area (Å²) in [4.78, 5) is 33.6. The van der Waals surface area contributed by atoms with Gasteiger partial charge in [0.15, 0.2) is 0 Å². The van der Waals surface area contributed by atoms with Gasteiger partial charge in [-0.15, -0.1) is 0 Å². The van der Waals surface area contributed by atoms with Crippen LogP contribution in [-0.4, -0.2) is 85.8 Å². The van der Waals surface area contributed by atoms with Crippen LogP contribution in [0.25, 0.3) is 0 Å². The fraction of sp³-hybridized carbons (Fsp3) is 0.704. The largest absolute Gasteiger partial charge is 0.449 e. The van der Waals surface area contributed by atoms with E-state index in [0.717, 1.165) is 69.4 Å². The molecule has 1 aliphatic carbocycles. The van der Waals surface area contributed by atoms with E-state index in [4.69, 9.17) is 4.74 Å². The molecule has 0 N–H and O–H groups in total. The molecule has 5 rings (SSSR count). The van der Waals surface area contributed by atoms with Gasteiger partial charge in [-0.25, -0.2) is 14.0 Å². The number of hydrogen-bond acceptors (Lipinski definition) is 4. The number of nitrogens with zero attached hydrogens (tertiary/aromatic N) is 4. The van der Waals surface area contributed by atoms with Crippen molar-refractivity contribution in [2.24, 2.45) is 5.92 Å². The summed E-state index contributed by atoms with van der Waals surface area (Å²) in [6.45, 7) is 5.80. The number of piperidine rings is 2. The highest BCUT2D eigenvalue weighted by Gasteiger charge is 2.49. The van der Waals surface area contributed by atoms with Gasteiger partial charge in [0.1, 0.15) is 5.82 Å². The van der Waals surface area contributed by atoms with Gasteiger partial charge < -0.3 is 19.4 Å². The summed E-state index contributed by atoms with van der Waals surface area (Å²) in [6, 6.07) is 5.57. The topological polar surface area (TPSA) is 56.3 Å². The van der Waals surface area contributed by atoms with Gasteiger partial charge in [-0.2, -0.15) is 0 Å². The average molecular weight is 487 g/mol. The molecule has 1 spiro atoms. The Morgan fingerprint density at radius 3 is 2.66 bits per heavy atom. The summed E-state index contributed by atoms with van der Waals surface area (Å²) in [5.41, 5.74) is 1.64. The zero-order valence-corrected chi connectivity index (χ0v) is 21.3. The van der Waals surface area contributed by atoms with Crippen LogP contribution in [0.4, 0.5) is 19.7 Å². The second-order valence-electron chi connectivity index (χ2n) is 11.1. The van der Waals surface area contributed by atoms with Crippen molar-refractivity contribution < 1.29 is 18.7 Å². The normalized spacial score (nSPS) is 27.6. The highest BCUT2D eigenvalue weighted by molar-refractivity contribution is 5.95. The van der Waals surface area contributed by atoms with Crippen LogP contribution in [0, 0.1) is 11.7 Å². The third-order valence-electron chi connectivity index (χ3n) is 8.84. The fourth-order valence-electron chi connectivity index (χ4n) is 7.05. The van der Waals surface area contributed by atoms with E-state index in [2.05, 4.69) is 4.90 Å². The maximum Gasteiger partial charge on any atom is 0.410 e. The van der Waals surface area contributed by atoms with Crippen LogP contribution in [0.3, 0.4) is 0 Å². The Hall–Kier alpha value is -2.35. The number of carbonyl (C=O) groups excluding carboxylic acids is 2. The molecular formula is C27H39FN4O3. The van der Waals surface area contributed by atoms with Gasteiger partial charge in [0.2, 0.25) is 0 Å². The van der Waals surface area contributed by atoms with Gasteiger partial charge in [-0.3, -0.25) is 4.90 Å². The van der Waals surface area contributed by atoms with Gasteiger partial charge >= 0.3 is 12.1 Å². The number of ether oxygens (including phenoxy) is 1. The van der Waals surface area contributed by atoms with E-state index in [1.165, 1.54) is 12.5 Å². The van der Waals surface area contributed by atoms with Crippen molar-refractivity contribution in [2.75, 3.05) is 51.8 Å². The fourth-order valence-corrected chi connectivity index (χ4v) is 7.05. The third kappa shape index (κ3) is 4.39. The molecule has 3 atom stereocenters. The predicted octanol–water partition coefficient (Wildman–Crippen LogP) is 4.45. The van der Waals surface area contributed by atoms with Crippen LogP contribution in [0.5, 0.6) is 0 Å². The Bertz CT molecular complexity index is 962. The zero-order chi connectivity index (χ0) is 24.7. The van der Waals surface area contributed by atoms with Crippen molar-refractivity contribution in [1.82, 2.24) is 14.7 Å². The number of urea groups is 1. The Balaban J connectivity index is 1.27. The van der Waals surface area contributed by atoms with E-state index < -0.39 is 0 Å². The lowest BCUT2D eigenvalue weighted by atomic mass is 9.74. The number of benzene rings is 1. The van der Waals surface area contributed by atoms with Gasteiger partial charge in [-0.1, -0.05) is 6.92 Å². The molecule has 1 aromatic carbocycles. The SMILES string of the molecule is CCCOC(=O)N1CCCC2CC(N3CCC4(CC3)CN(C(=O)N(C)C)c3ccc(F)cc34)CC21. The standard InChI is InChI=1S/C27H39FN4O3/c1-4-14-35-26(34)31-11-5-6-19-15-21(17-24(19)31)30-12-9-27(10-13-30)18-32(25(33)29(2)3)23-8-7-20(28)16-22(23)27/h7-8,16,19,21,24H,4-6,9-15,17-18H2,1-3H3. The van der Waals surface area contributed by atoms with Crippen molar-refractivity contribution >= 4 is 17.8 Å². The molecule has 3 aliphatic heterocycles. The molecule has 1 saturated carbocycles. The number of amides is 3. The number of halogens is 1. The predicted molar refractivity (Wildman–Crippen MR) is 133 cm³/mol. The smallest absolute Gasteiger partial charge is 0.410 e. The van der Waals surface area contributed by atoms with Crippen molar-refractivity contribution in [3.05, 3.63) is 29.6 Å². The third-order valence-corrected chi connectivity index (χ3v) is 8.84. The molecule has 35 heavy (non-hydrogen) atoms. The van der Waals surface area contributed by atoms with E-state index in [-0.39, 0.29) is 29.4 Å². The Morgan fingerprint density at radius 2 is 1.94 bits per heavy atom. The summed E-state index contributed by atoms with van der Waals surface area (Å²) in [6.07, 6.45) is 6.90. The molecule has 0 radical (unpaired) electrons. The second-order valence-corrected chi connectivity index (χ2v) is 11.1. The highest BCUT2D eigenvalue weighted by atomic mass is 19.1. The minimum atomic E-state index is -0.236. The van der Waals surface area contributed by atoms with Crippen molar-refractivity contribution in [3.8, 4) is 0 Å². The van der Waals surface area contributed by atoms with Crippen molar-refractivity contribution in [1.29, 1.82) is 0 Å². The molecule has 4 aliphatic rings. The minimum Gasteiger partial charge on any atom is -0.449 e. The molecule has 0 bridgehead atoms. The number of likely N-dealkylation sites (tertiary alicyclic amines) is 2. The molecule has 1 aromatic rings. The van der Waals surface area contributed by atoms with E-state index in [1.54, 1.807) is 31.1 Å². The van der Waals surface area contributed by atoms with Crippen LogP contribution in [-0.2, 0) is 10.2 Å². The Labute approximate surface area is 208 Å². The van der Waals surface area contributed by atoms with E-state index in [9.17, 15) is 14.0 Å². The van der Waals surface area contributed by atoms with Gasteiger partial charge in [-0.05, 0) is 87.7 Å². The van der Waals surface area contributed by atoms with Gasteiger partial charge in [0.05, 0.1) is 6.61 Å². The molecular weight excluding hydrogens is 447 g/mol. The summed E-state index contributed by atoms with van der Waals surface area (Å²) in [7, 11) is 3.53. The van der Waals surface area contributed by atoms with E-state index in [0.29, 0.717) is 25.1 Å². The molecule has 3 heterocycles. The molecule has 3 amide bonds. The monoisotopic (exact) mass is 486 g/mol. The Kier molecular flexibility index (Phi) is 6.68. The first kappa shape index (κ1) is 24.3. The van der Waals surface area contributed by atoms with Crippen molar-refractivity contribution in [2.45, 2.75) is 69.4 Å². The number of hydrogen-bond donors (Lipinski definition) is 0. The molecule has 192 valence electrons. The van der Waals surface area contributed by atoms with Crippen LogP contribution < -0.4 is 4.90 Å². The summed E-state index contributed by atoms with van der Waals surface area (Å²) in [5.74, 6) is 0.313. The average Bonchev–Trinajstić information content (AvgIpc) is 3.42. The van der Waals surface area contributed by atoms with Crippen LogP contribution in [0.15, 0.2) is 18.2 Å². The lowest BCUT2D eigenvalue weighted by molar-refractivity contribution is 0.0604. The van der Waals surface area contributed by atoms with E-state index >= 15 is 0 Å². The van der Waals surface area contributed by atoms with Crippen LogP contribution in [0.1, 0.15) is 57.4 Å². The maximum atomic E-state index is 14.3. The summed E-state index contributed by atoms with van der Waals surface area (Å²) in [5, 5.41) is 0. The number of fused-ring (bicyclic) bond motifs is 3. The summed E-state index contributed by atoms with van der Waals surface area (Å²) >= 11 is 0. The first-order valence-electron chi connectivity index (χ1n) is 13.3. The number of carbonyl (C=O) groups is 2. The number of anilines is 1. The molecule has 3 unspecified atom stereocenters. The number of rotatable bonds is 3. The quantitative estimate of drug-likeness (QED) is 0.634. The lowest BCUT2D eigenvalue weighted by Crippen LogP contribution is -2.50. The van der Waals surface area contributed by atoms with Crippen LogP contribution >= 0.6 is 0 Å². The Morgan fingerprint density at radius 1 is 1.17 bits per heavy atom. The lowest BCUT2D eigenvalue weighted by Gasteiger charge is -2.42. The molecule has 7 nitrogen and oxygen atoms in total. The van der Waals surface area contributed by atoms with Crippen molar-refractivity contribution in [3.63, 3.8) is 0 Å². The molecule has 3 fully saturated rings. The van der Waals surface area contributed by atoms with Gasteiger partial charge in [0.25, 0.3) is 0 Å².